The highest BCUT2D eigenvalue weighted by atomic mass is 16.5. The van der Waals surface area contributed by atoms with Crippen LogP contribution in [0.5, 0.6) is 5.75 Å². The van der Waals surface area contributed by atoms with Crippen molar-refractivity contribution in [1.29, 1.82) is 0 Å². The first-order valence-electron chi connectivity index (χ1n) is 9.18. The number of carbonyl (C=O) groups is 2. The third-order valence-electron chi connectivity index (χ3n) is 4.44. The Balaban J connectivity index is 1.74. The topological polar surface area (TPSA) is 58.6 Å². The zero-order chi connectivity index (χ0) is 19.6. The summed E-state index contributed by atoms with van der Waals surface area (Å²) in [7, 11) is 1.64. The maximum absolute atomic E-state index is 12.1. The van der Waals surface area contributed by atoms with Crippen LogP contribution in [0.25, 0.3) is 0 Å². The van der Waals surface area contributed by atoms with Crippen molar-refractivity contribution in [3.63, 3.8) is 0 Å². The molecular weight excluding hydrogens is 340 g/mol. The summed E-state index contributed by atoms with van der Waals surface area (Å²) in [6.07, 6.45) is 1.06. The van der Waals surface area contributed by atoms with Gasteiger partial charge >= 0.3 is 0 Å². The van der Waals surface area contributed by atoms with Gasteiger partial charge in [-0.25, -0.2) is 0 Å². The van der Waals surface area contributed by atoms with E-state index in [0.29, 0.717) is 26.1 Å². The molecule has 0 fully saturated rings. The van der Waals surface area contributed by atoms with Gasteiger partial charge in [0.1, 0.15) is 5.75 Å². The summed E-state index contributed by atoms with van der Waals surface area (Å²) in [4.78, 5) is 25.7. The number of carbonyl (C=O) groups excluding carboxylic acids is 2. The summed E-state index contributed by atoms with van der Waals surface area (Å²) in [6, 6.07) is 15.9. The molecule has 5 heteroatoms. The Hall–Kier alpha value is -2.82. The van der Waals surface area contributed by atoms with Crippen molar-refractivity contribution in [3.05, 3.63) is 65.2 Å². The second-order valence-corrected chi connectivity index (χ2v) is 6.62. The van der Waals surface area contributed by atoms with Crippen LogP contribution in [0.2, 0.25) is 0 Å². The third kappa shape index (κ3) is 7.13. The van der Waals surface area contributed by atoms with E-state index in [1.54, 1.807) is 12.0 Å². The molecule has 2 aromatic carbocycles. The zero-order valence-corrected chi connectivity index (χ0v) is 16.3. The van der Waals surface area contributed by atoms with E-state index in [1.807, 2.05) is 55.5 Å². The molecule has 2 aromatic rings. The molecule has 27 heavy (non-hydrogen) atoms. The molecule has 0 aliphatic rings. The average molecular weight is 368 g/mol. The van der Waals surface area contributed by atoms with Gasteiger partial charge in [-0.1, -0.05) is 42.0 Å². The Kier molecular flexibility index (Phi) is 7.86. The van der Waals surface area contributed by atoms with Crippen LogP contribution in [0, 0.1) is 6.92 Å². The number of methoxy groups -OCH3 is 1. The van der Waals surface area contributed by atoms with Gasteiger partial charge in [0.05, 0.1) is 7.11 Å². The molecule has 0 aliphatic carbocycles. The first kappa shape index (κ1) is 20.5. The molecule has 0 heterocycles. The van der Waals surface area contributed by atoms with E-state index >= 15 is 0 Å². The van der Waals surface area contributed by atoms with Crippen LogP contribution in [0.15, 0.2) is 48.5 Å². The fourth-order valence-corrected chi connectivity index (χ4v) is 2.73. The van der Waals surface area contributed by atoms with E-state index < -0.39 is 0 Å². The second kappa shape index (κ2) is 10.4. The number of hydrogen-bond donors (Lipinski definition) is 1. The molecule has 1 N–H and O–H groups in total. The van der Waals surface area contributed by atoms with Crippen LogP contribution in [0.3, 0.4) is 0 Å². The Morgan fingerprint density at radius 3 is 2.22 bits per heavy atom. The van der Waals surface area contributed by atoms with Gasteiger partial charge < -0.3 is 15.0 Å². The zero-order valence-electron chi connectivity index (χ0n) is 16.3. The van der Waals surface area contributed by atoms with Crippen molar-refractivity contribution >= 4 is 11.8 Å². The Labute approximate surface area is 161 Å². The molecular formula is C22H28N2O3. The maximum atomic E-state index is 12.1. The van der Waals surface area contributed by atoms with Gasteiger partial charge in [-0.15, -0.1) is 0 Å². The number of amides is 2. The third-order valence-corrected chi connectivity index (χ3v) is 4.44. The van der Waals surface area contributed by atoms with Crippen LogP contribution in [0.4, 0.5) is 0 Å². The molecule has 2 rings (SSSR count). The lowest BCUT2D eigenvalue weighted by atomic mass is 10.1. The normalized spacial score (nSPS) is 10.3. The molecule has 0 saturated carbocycles. The molecule has 0 aliphatic heterocycles. The first-order valence-corrected chi connectivity index (χ1v) is 9.18. The number of nitrogens with zero attached hydrogens (tertiary/aromatic N) is 1. The van der Waals surface area contributed by atoms with E-state index in [9.17, 15) is 9.59 Å². The number of aryl methyl sites for hydroxylation is 1. The van der Waals surface area contributed by atoms with Crippen LogP contribution < -0.4 is 10.1 Å². The van der Waals surface area contributed by atoms with Crippen LogP contribution in [-0.2, 0) is 22.6 Å². The summed E-state index contributed by atoms with van der Waals surface area (Å²) >= 11 is 0. The SMILES string of the molecule is COc1ccc(CCNC(=O)CCN(Cc2ccc(C)cc2)C(C)=O)cc1. The van der Waals surface area contributed by atoms with E-state index in [1.165, 1.54) is 12.5 Å². The predicted octanol–water partition coefficient (Wildman–Crippen LogP) is 3.10. The van der Waals surface area contributed by atoms with Crippen molar-refractivity contribution in [2.45, 2.75) is 33.2 Å². The second-order valence-electron chi connectivity index (χ2n) is 6.62. The summed E-state index contributed by atoms with van der Waals surface area (Å²) in [5.41, 5.74) is 3.39. The fraction of sp³-hybridized carbons (Fsp3) is 0.364. The minimum absolute atomic E-state index is 0.0263. The molecule has 0 radical (unpaired) electrons. The van der Waals surface area contributed by atoms with Gasteiger partial charge in [0.2, 0.25) is 11.8 Å². The quantitative estimate of drug-likeness (QED) is 0.740. The van der Waals surface area contributed by atoms with Gasteiger partial charge in [-0.05, 0) is 36.6 Å². The Bertz CT molecular complexity index is 739. The lowest BCUT2D eigenvalue weighted by Crippen LogP contribution is -2.34. The molecule has 5 nitrogen and oxygen atoms in total. The van der Waals surface area contributed by atoms with E-state index in [2.05, 4.69) is 5.32 Å². The van der Waals surface area contributed by atoms with Crippen LogP contribution >= 0.6 is 0 Å². The molecule has 0 saturated heterocycles. The highest BCUT2D eigenvalue weighted by molar-refractivity contribution is 5.78. The number of ether oxygens (including phenoxy) is 1. The molecule has 0 aromatic heterocycles. The maximum Gasteiger partial charge on any atom is 0.221 e. The van der Waals surface area contributed by atoms with Crippen LogP contribution in [0.1, 0.15) is 30.0 Å². The molecule has 2 amide bonds. The highest BCUT2D eigenvalue weighted by Gasteiger charge is 2.11. The molecule has 0 spiro atoms. The van der Waals surface area contributed by atoms with E-state index in [0.717, 1.165) is 23.3 Å². The Morgan fingerprint density at radius 1 is 1.00 bits per heavy atom. The van der Waals surface area contributed by atoms with Gasteiger partial charge in [0, 0.05) is 33.0 Å². The summed E-state index contributed by atoms with van der Waals surface area (Å²) in [5.74, 6) is 0.751. The standard InChI is InChI=1S/C22H28N2O3/c1-17-4-6-20(7-5-17)16-24(18(2)25)15-13-22(26)23-14-12-19-8-10-21(27-3)11-9-19/h4-11H,12-16H2,1-3H3,(H,23,26). The van der Waals surface area contributed by atoms with Crippen molar-refractivity contribution in [2.24, 2.45) is 0 Å². The van der Waals surface area contributed by atoms with Crippen molar-refractivity contribution in [3.8, 4) is 5.75 Å². The molecule has 0 bridgehead atoms. The monoisotopic (exact) mass is 368 g/mol. The summed E-state index contributed by atoms with van der Waals surface area (Å²) in [5, 5.41) is 2.92. The number of rotatable bonds is 9. The summed E-state index contributed by atoms with van der Waals surface area (Å²) < 4.78 is 5.13. The van der Waals surface area contributed by atoms with Crippen molar-refractivity contribution in [1.82, 2.24) is 10.2 Å². The number of hydrogen-bond acceptors (Lipinski definition) is 3. The molecule has 0 atom stereocenters. The number of benzene rings is 2. The lowest BCUT2D eigenvalue weighted by Gasteiger charge is -2.21. The van der Waals surface area contributed by atoms with Gasteiger partial charge in [-0.3, -0.25) is 9.59 Å². The van der Waals surface area contributed by atoms with Gasteiger partial charge in [-0.2, -0.15) is 0 Å². The summed E-state index contributed by atoms with van der Waals surface area (Å²) in [6.45, 7) is 5.08. The predicted molar refractivity (Wildman–Crippen MR) is 107 cm³/mol. The lowest BCUT2D eigenvalue weighted by molar-refractivity contribution is -0.130. The average Bonchev–Trinajstić information content (AvgIpc) is 2.67. The van der Waals surface area contributed by atoms with Gasteiger partial charge in [0.25, 0.3) is 0 Å². The molecule has 144 valence electrons. The minimum atomic E-state index is -0.0429. The van der Waals surface area contributed by atoms with E-state index in [4.69, 9.17) is 4.74 Å². The number of nitrogens with one attached hydrogen (secondary N) is 1. The highest BCUT2D eigenvalue weighted by Crippen LogP contribution is 2.11. The molecule has 0 unspecified atom stereocenters. The van der Waals surface area contributed by atoms with Gasteiger partial charge in [0.15, 0.2) is 0 Å². The van der Waals surface area contributed by atoms with Crippen molar-refractivity contribution in [2.75, 3.05) is 20.2 Å². The van der Waals surface area contributed by atoms with Crippen LogP contribution in [-0.4, -0.2) is 36.9 Å². The Morgan fingerprint density at radius 2 is 1.63 bits per heavy atom. The van der Waals surface area contributed by atoms with E-state index in [-0.39, 0.29) is 11.8 Å². The minimum Gasteiger partial charge on any atom is -0.497 e. The largest absolute Gasteiger partial charge is 0.497 e. The van der Waals surface area contributed by atoms with Crippen molar-refractivity contribution < 1.29 is 14.3 Å². The first-order chi connectivity index (χ1) is 13.0. The fourth-order valence-electron chi connectivity index (χ4n) is 2.73. The smallest absolute Gasteiger partial charge is 0.221 e.